The Labute approximate surface area is 111 Å². The lowest BCUT2D eigenvalue weighted by Crippen LogP contribution is -2.04. The molecule has 2 aromatic carbocycles. The maximum Gasteiger partial charge on any atom is 0.0890 e. The Morgan fingerprint density at radius 3 is 2.37 bits per heavy atom. The Morgan fingerprint density at radius 2 is 1.58 bits per heavy atom. The van der Waals surface area contributed by atoms with Gasteiger partial charge in [-0.2, -0.15) is 0 Å². The smallest absolute Gasteiger partial charge is 0.0890 e. The van der Waals surface area contributed by atoms with Gasteiger partial charge in [-0.25, -0.2) is 4.98 Å². The predicted octanol–water partition coefficient (Wildman–Crippen LogP) is 2.91. The monoisotopic (exact) mass is 250 g/mol. The largest absolute Gasteiger partial charge is 0.388 e. The van der Waals surface area contributed by atoms with E-state index in [0.717, 1.165) is 22.3 Å². The summed E-state index contributed by atoms with van der Waals surface area (Å²) in [6.07, 6.45) is 1.66. The van der Waals surface area contributed by atoms with E-state index in [1.807, 2.05) is 54.6 Å². The van der Waals surface area contributed by atoms with Crippen molar-refractivity contribution in [2.75, 3.05) is 0 Å². The highest BCUT2D eigenvalue weighted by molar-refractivity contribution is 5.73. The third-order valence-electron chi connectivity index (χ3n) is 3.09. The first-order valence-corrected chi connectivity index (χ1v) is 6.26. The number of nitrogens with zero attached hydrogens (tertiary/aromatic N) is 2. The van der Waals surface area contributed by atoms with Crippen LogP contribution in [0.5, 0.6) is 0 Å². The van der Waals surface area contributed by atoms with Crippen molar-refractivity contribution in [1.82, 2.24) is 9.97 Å². The highest BCUT2D eigenvalue weighted by atomic mass is 16.3. The molecule has 0 spiro atoms. The number of rotatable bonds is 3. The van der Waals surface area contributed by atoms with Crippen LogP contribution in [-0.4, -0.2) is 15.1 Å². The molecule has 19 heavy (non-hydrogen) atoms. The summed E-state index contributed by atoms with van der Waals surface area (Å²) in [6.45, 7) is 0. The standard InChI is InChI=1S/C16H14N2O/c19-16(12-6-2-1-3-7-12)10-13-11-17-14-8-4-5-9-15(14)18-13/h1-9,11,16,19H,10H2/t16-/m1/s1. The molecule has 3 rings (SSSR count). The van der Waals surface area contributed by atoms with Crippen molar-refractivity contribution in [3.05, 3.63) is 72.1 Å². The fourth-order valence-corrected chi connectivity index (χ4v) is 2.08. The van der Waals surface area contributed by atoms with Gasteiger partial charge in [0, 0.05) is 12.6 Å². The number of para-hydroxylation sites is 2. The minimum absolute atomic E-state index is 0.474. The molecule has 1 aromatic heterocycles. The quantitative estimate of drug-likeness (QED) is 0.777. The van der Waals surface area contributed by atoms with Gasteiger partial charge >= 0.3 is 0 Å². The van der Waals surface area contributed by atoms with Crippen LogP contribution in [0, 0.1) is 0 Å². The number of aliphatic hydroxyl groups is 1. The van der Waals surface area contributed by atoms with Crippen LogP contribution in [0.2, 0.25) is 0 Å². The van der Waals surface area contributed by atoms with Crippen molar-refractivity contribution in [3.63, 3.8) is 0 Å². The van der Waals surface area contributed by atoms with Crippen LogP contribution in [-0.2, 0) is 6.42 Å². The second kappa shape index (κ2) is 5.16. The molecule has 3 nitrogen and oxygen atoms in total. The van der Waals surface area contributed by atoms with E-state index in [1.165, 1.54) is 0 Å². The lowest BCUT2D eigenvalue weighted by molar-refractivity contribution is 0.177. The normalized spacial score (nSPS) is 12.5. The number of hydrogen-bond acceptors (Lipinski definition) is 3. The molecular formula is C16H14N2O. The van der Waals surface area contributed by atoms with Crippen LogP contribution >= 0.6 is 0 Å². The van der Waals surface area contributed by atoms with Gasteiger partial charge in [0.1, 0.15) is 0 Å². The van der Waals surface area contributed by atoms with Gasteiger partial charge in [-0.3, -0.25) is 4.98 Å². The Hall–Kier alpha value is -2.26. The number of aromatic nitrogens is 2. The van der Waals surface area contributed by atoms with Crippen molar-refractivity contribution < 1.29 is 5.11 Å². The number of benzene rings is 2. The zero-order valence-corrected chi connectivity index (χ0v) is 10.4. The van der Waals surface area contributed by atoms with E-state index in [-0.39, 0.29) is 0 Å². The molecule has 3 aromatic rings. The first-order chi connectivity index (χ1) is 9.33. The number of fused-ring (bicyclic) bond motifs is 1. The molecule has 0 saturated heterocycles. The second-order valence-electron chi connectivity index (χ2n) is 4.48. The molecule has 0 saturated carbocycles. The average Bonchev–Trinajstić information content (AvgIpc) is 2.48. The summed E-state index contributed by atoms with van der Waals surface area (Å²) in [5, 5.41) is 10.2. The summed E-state index contributed by atoms with van der Waals surface area (Å²) in [5.41, 5.74) is 3.44. The van der Waals surface area contributed by atoms with Crippen LogP contribution in [0.4, 0.5) is 0 Å². The third-order valence-corrected chi connectivity index (χ3v) is 3.09. The van der Waals surface area contributed by atoms with E-state index < -0.39 is 6.10 Å². The summed E-state index contributed by atoms with van der Waals surface area (Å²) in [7, 11) is 0. The van der Waals surface area contributed by atoms with E-state index >= 15 is 0 Å². The van der Waals surface area contributed by atoms with E-state index in [1.54, 1.807) is 6.20 Å². The SMILES string of the molecule is O[C@H](Cc1cnc2ccccc2n1)c1ccccc1. The van der Waals surface area contributed by atoms with Crippen LogP contribution in [0.15, 0.2) is 60.8 Å². The van der Waals surface area contributed by atoms with Gasteiger partial charge < -0.3 is 5.11 Å². The van der Waals surface area contributed by atoms with Crippen LogP contribution < -0.4 is 0 Å². The van der Waals surface area contributed by atoms with Gasteiger partial charge in [0.25, 0.3) is 0 Å². The molecule has 0 unspecified atom stereocenters. The maximum absolute atomic E-state index is 10.2. The molecule has 0 fully saturated rings. The first kappa shape index (κ1) is 11.8. The van der Waals surface area contributed by atoms with Crippen molar-refractivity contribution in [1.29, 1.82) is 0 Å². The summed E-state index contributed by atoms with van der Waals surface area (Å²) >= 11 is 0. The van der Waals surface area contributed by atoms with Gasteiger partial charge in [-0.15, -0.1) is 0 Å². The molecule has 1 N–H and O–H groups in total. The molecule has 0 bridgehead atoms. The zero-order chi connectivity index (χ0) is 13.1. The van der Waals surface area contributed by atoms with Gasteiger partial charge in [0.05, 0.1) is 22.8 Å². The summed E-state index contributed by atoms with van der Waals surface area (Å²) < 4.78 is 0. The van der Waals surface area contributed by atoms with E-state index in [4.69, 9.17) is 0 Å². The Balaban J connectivity index is 1.85. The summed E-state index contributed by atoms with van der Waals surface area (Å²) in [5.74, 6) is 0. The zero-order valence-electron chi connectivity index (χ0n) is 10.4. The first-order valence-electron chi connectivity index (χ1n) is 6.26. The van der Waals surface area contributed by atoms with Crippen molar-refractivity contribution in [2.24, 2.45) is 0 Å². The average molecular weight is 250 g/mol. The van der Waals surface area contributed by atoms with E-state index in [9.17, 15) is 5.11 Å². The molecule has 1 atom stereocenters. The minimum atomic E-state index is -0.545. The summed E-state index contributed by atoms with van der Waals surface area (Å²) in [4.78, 5) is 8.87. The molecule has 0 radical (unpaired) electrons. The molecule has 1 heterocycles. The fraction of sp³-hybridized carbons (Fsp3) is 0.125. The van der Waals surface area contributed by atoms with Gasteiger partial charge in [0.2, 0.25) is 0 Å². The Kier molecular flexibility index (Phi) is 3.21. The second-order valence-corrected chi connectivity index (χ2v) is 4.48. The highest BCUT2D eigenvalue weighted by Gasteiger charge is 2.09. The Morgan fingerprint density at radius 1 is 0.895 bits per heavy atom. The van der Waals surface area contributed by atoms with Crippen LogP contribution in [0.3, 0.4) is 0 Å². The molecule has 0 aliphatic rings. The number of aliphatic hydroxyl groups excluding tert-OH is 1. The highest BCUT2D eigenvalue weighted by Crippen LogP contribution is 2.17. The lowest BCUT2D eigenvalue weighted by Gasteiger charge is -2.10. The maximum atomic E-state index is 10.2. The molecule has 3 heteroatoms. The van der Waals surface area contributed by atoms with Crippen molar-refractivity contribution in [3.8, 4) is 0 Å². The van der Waals surface area contributed by atoms with Gasteiger partial charge in [-0.1, -0.05) is 42.5 Å². The molecule has 0 aliphatic heterocycles. The predicted molar refractivity (Wildman–Crippen MR) is 74.6 cm³/mol. The molecule has 0 aliphatic carbocycles. The van der Waals surface area contributed by atoms with E-state index in [0.29, 0.717) is 6.42 Å². The molecule has 0 amide bonds. The van der Waals surface area contributed by atoms with Crippen LogP contribution in [0.1, 0.15) is 17.4 Å². The third kappa shape index (κ3) is 2.61. The minimum Gasteiger partial charge on any atom is -0.388 e. The molecule has 94 valence electrons. The molecular weight excluding hydrogens is 236 g/mol. The van der Waals surface area contributed by atoms with Gasteiger partial charge in [0.15, 0.2) is 0 Å². The van der Waals surface area contributed by atoms with Crippen molar-refractivity contribution >= 4 is 11.0 Å². The topological polar surface area (TPSA) is 46.0 Å². The Bertz CT molecular complexity index is 682. The lowest BCUT2D eigenvalue weighted by atomic mass is 10.1. The van der Waals surface area contributed by atoms with Crippen molar-refractivity contribution in [2.45, 2.75) is 12.5 Å². The number of hydrogen-bond donors (Lipinski definition) is 1. The van der Waals surface area contributed by atoms with Gasteiger partial charge in [-0.05, 0) is 17.7 Å². The summed E-state index contributed by atoms with van der Waals surface area (Å²) in [6, 6.07) is 17.4. The van der Waals surface area contributed by atoms with Crippen LogP contribution in [0.25, 0.3) is 11.0 Å². The fourth-order valence-electron chi connectivity index (χ4n) is 2.08. The van der Waals surface area contributed by atoms with E-state index in [2.05, 4.69) is 9.97 Å².